The highest BCUT2D eigenvalue weighted by atomic mass is 14.6. The van der Waals surface area contributed by atoms with Gasteiger partial charge in [-0.3, -0.25) is 4.98 Å². The van der Waals surface area contributed by atoms with Gasteiger partial charge in [0, 0.05) is 6.20 Å². The summed E-state index contributed by atoms with van der Waals surface area (Å²) < 4.78 is 0. The normalized spacial score (nSPS) is 11.1. The molecule has 0 bridgehead atoms. The third-order valence-electron chi connectivity index (χ3n) is 2.58. The highest BCUT2D eigenvalue weighted by molar-refractivity contribution is 6.38. The van der Waals surface area contributed by atoms with Crippen LogP contribution in [-0.4, -0.2) is 12.8 Å². The van der Waals surface area contributed by atoms with Crippen LogP contribution in [0.4, 0.5) is 0 Å². The molecule has 1 aromatic heterocycles. The summed E-state index contributed by atoms with van der Waals surface area (Å²) in [5.74, 6) is 0.582. The Hall–Kier alpha value is -1.31. The number of fused-ring (bicyclic) bond motifs is 1. The average Bonchev–Trinajstić information content (AvgIpc) is 2.17. The van der Waals surface area contributed by atoms with E-state index in [-0.39, 0.29) is 0 Å². The number of rotatable bonds is 1. The van der Waals surface area contributed by atoms with Gasteiger partial charge in [-0.2, -0.15) is 0 Å². The van der Waals surface area contributed by atoms with Crippen molar-refractivity contribution in [2.45, 2.75) is 19.8 Å². The number of benzene rings is 1. The molecular weight excluding hydrogens is 169 g/mol. The molecule has 1 aromatic carbocycles. The molecule has 0 aliphatic heterocycles. The molecule has 0 atom stereocenters. The van der Waals surface area contributed by atoms with Gasteiger partial charge in [-0.1, -0.05) is 31.4 Å². The van der Waals surface area contributed by atoms with Crippen molar-refractivity contribution in [3.05, 3.63) is 36.0 Å². The Morgan fingerprint density at radius 2 is 2.07 bits per heavy atom. The lowest BCUT2D eigenvalue weighted by Gasteiger charge is -2.09. The second-order valence-corrected chi connectivity index (χ2v) is 4.07. The molecule has 0 amide bonds. The van der Waals surface area contributed by atoms with Crippen LogP contribution >= 0.6 is 0 Å². The molecule has 14 heavy (non-hydrogen) atoms. The van der Waals surface area contributed by atoms with E-state index in [0.29, 0.717) is 5.92 Å². The first-order valence-electron chi connectivity index (χ1n) is 5.04. The minimum Gasteiger partial charge on any atom is -0.257 e. The third-order valence-corrected chi connectivity index (χ3v) is 2.58. The SMILES string of the molecule is Bc1cc(C(C)C)cc2cccnc12. The zero-order valence-electron chi connectivity index (χ0n) is 8.91. The van der Waals surface area contributed by atoms with Crippen LogP contribution in [0.15, 0.2) is 30.5 Å². The Balaban J connectivity index is 2.72. The van der Waals surface area contributed by atoms with Crippen molar-refractivity contribution in [1.29, 1.82) is 0 Å². The van der Waals surface area contributed by atoms with Crippen LogP contribution < -0.4 is 5.46 Å². The van der Waals surface area contributed by atoms with Crippen LogP contribution in [0.5, 0.6) is 0 Å². The van der Waals surface area contributed by atoms with Crippen molar-refractivity contribution in [1.82, 2.24) is 4.98 Å². The highest BCUT2D eigenvalue weighted by Crippen LogP contribution is 2.17. The second kappa shape index (κ2) is 3.45. The van der Waals surface area contributed by atoms with Crippen molar-refractivity contribution >= 4 is 24.2 Å². The Morgan fingerprint density at radius 3 is 2.79 bits per heavy atom. The maximum atomic E-state index is 4.38. The first-order valence-corrected chi connectivity index (χ1v) is 5.04. The van der Waals surface area contributed by atoms with E-state index in [2.05, 4.69) is 44.9 Å². The highest BCUT2D eigenvalue weighted by Gasteiger charge is 2.03. The van der Waals surface area contributed by atoms with Crippen molar-refractivity contribution < 1.29 is 0 Å². The molecule has 1 nitrogen and oxygen atoms in total. The van der Waals surface area contributed by atoms with E-state index in [1.54, 1.807) is 0 Å². The first-order chi connectivity index (χ1) is 6.68. The minimum atomic E-state index is 0.582. The Kier molecular flexibility index (Phi) is 2.28. The summed E-state index contributed by atoms with van der Waals surface area (Å²) in [7, 11) is 2.13. The van der Waals surface area contributed by atoms with Crippen molar-refractivity contribution in [3.8, 4) is 0 Å². The third kappa shape index (κ3) is 1.52. The molecule has 0 aliphatic rings. The Morgan fingerprint density at radius 1 is 1.29 bits per heavy atom. The lowest BCUT2D eigenvalue weighted by molar-refractivity contribution is 0.869. The predicted molar refractivity (Wildman–Crippen MR) is 64.0 cm³/mol. The molecule has 1 heterocycles. The maximum Gasteiger partial charge on any atom is 0.142 e. The summed E-state index contributed by atoms with van der Waals surface area (Å²) in [6.45, 7) is 4.44. The number of pyridine rings is 1. The van der Waals surface area contributed by atoms with Gasteiger partial charge in [-0.05, 0) is 29.0 Å². The molecule has 2 aromatic rings. The van der Waals surface area contributed by atoms with E-state index in [1.165, 1.54) is 16.4 Å². The number of nitrogens with zero attached hydrogens (tertiary/aromatic N) is 1. The van der Waals surface area contributed by atoms with Crippen LogP contribution in [0.25, 0.3) is 10.9 Å². The Labute approximate surface area is 85.6 Å². The van der Waals surface area contributed by atoms with Crippen LogP contribution in [0.1, 0.15) is 25.3 Å². The standard InChI is InChI=1S/C12H14BN/c1-8(2)10-6-9-4-3-5-14-12(9)11(13)7-10/h3-8H,13H2,1-2H3. The summed E-state index contributed by atoms with van der Waals surface area (Å²) >= 11 is 0. The Bertz CT molecular complexity index is 463. The van der Waals surface area contributed by atoms with Gasteiger partial charge in [0.05, 0.1) is 5.52 Å². The van der Waals surface area contributed by atoms with Crippen molar-refractivity contribution in [3.63, 3.8) is 0 Å². The van der Waals surface area contributed by atoms with E-state index < -0.39 is 0 Å². The van der Waals surface area contributed by atoms with E-state index in [9.17, 15) is 0 Å². The predicted octanol–water partition coefficient (Wildman–Crippen LogP) is 1.62. The monoisotopic (exact) mass is 183 g/mol. The first kappa shape index (κ1) is 9.26. The summed E-state index contributed by atoms with van der Waals surface area (Å²) in [5.41, 5.74) is 3.78. The lowest BCUT2D eigenvalue weighted by atomic mass is 9.88. The van der Waals surface area contributed by atoms with E-state index in [4.69, 9.17) is 0 Å². The van der Waals surface area contributed by atoms with E-state index in [0.717, 1.165) is 5.52 Å². The molecule has 0 spiro atoms. The number of aromatic nitrogens is 1. The summed E-state index contributed by atoms with van der Waals surface area (Å²) in [5, 5.41) is 1.25. The molecular formula is C12H14BN. The van der Waals surface area contributed by atoms with Gasteiger partial charge in [0.2, 0.25) is 0 Å². The fourth-order valence-electron chi connectivity index (χ4n) is 1.74. The molecule has 0 saturated carbocycles. The van der Waals surface area contributed by atoms with Gasteiger partial charge in [-0.15, -0.1) is 0 Å². The van der Waals surface area contributed by atoms with Crippen molar-refractivity contribution in [2.75, 3.05) is 0 Å². The van der Waals surface area contributed by atoms with Crippen LogP contribution in [-0.2, 0) is 0 Å². The van der Waals surface area contributed by atoms with Gasteiger partial charge in [0.1, 0.15) is 7.85 Å². The maximum absolute atomic E-state index is 4.38. The fourth-order valence-corrected chi connectivity index (χ4v) is 1.74. The van der Waals surface area contributed by atoms with Gasteiger partial charge in [0.15, 0.2) is 0 Å². The molecule has 2 rings (SSSR count). The zero-order valence-corrected chi connectivity index (χ0v) is 8.91. The van der Waals surface area contributed by atoms with Crippen LogP contribution in [0.3, 0.4) is 0 Å². The molecule has 0 unspecified atom stereocenters. The zero-order chi connectivity index (χ0) is 10.1. The molecule has 0 N–H and O–H groups in total. The van der Waals surface area contributed by atoms with Gasteiger partial charge in [-0.25, -0.2) is 0 Å². The molecule has 2 heteroatoms. The fraction of sp³-hybridized carbons (Fsp3) is 0.250. The molecule has 0 aliphatic carbocycles. The van der Waals surface area contributed by atoms with Crippen LogP contribution in [0, 0.1) is 0 Å². The summed E-state index contributed by atoms with van der Waals surface area (Å²) in [6, 6.07) is 8.59. The second-order valence-electron chi connectivity index (χ2n) is 4.07. The van der Waals surface area contributed by atoms with Gasteiger partial charge >= 0.3 is 0 Å². The van der Waals surface area contributed by atoms with E-state index in [1.807, 2.05) is 12.3 Å². The number of hydrogen-bond acceptors (Lipinski definition) is 1. The number of hydrogen-bond donors (Lipinski definition) is 0. The van der Waals surface area contributed by atoms with Gasteiger partial charge in [0.25, 0.3) is 0 Å². The smallest absolute Gasteiger partial charge is 0.142 e. The van der Waals surface area contributed by atoms with Crippen molar-refractivity contribution in [2.24, 2.45) is 0 Å². The molecule has 70 valence electrons. The van der Waals surface area contributed by atoms with Crippen LogP contribution in [0.2, 0.25) is 0 Å². The van der Waals surface area contributed by atoms with Gasteiger partial charge < -0.3 is 0 Å². The molecule has 0 radical (unpaired) electrons. The lowest BCUT2D eigenvalue weighted by Crippen LogP contribution is -2.07. The summed E-state index contributed by atoms with van der Waals surface area (Å²) in [6.07, 6.45) is 1.85. The summed E-state index contributed by atoms with van der Waals surface area (Å²) in [4.78, 5) is 4.38. The minimum absolute atomic E-state index is 0.582. The average molecular weight is 183 g/mol. The molecule has 0 saturated heterocycles. The molecule has 0 fully saturated rings. The largest absolute Gasteiger partial charge is 0.257 e. The quantitative estimate of drug-likeness (QED) is 0.612. The topological polar surface area (TPSA) is 12.9 Å². The van der Waals surface area contributed by atoms with E-state index >= 15 is 0 Å².